The van der Waals surface area contributed by atoms with Gasteiger partial charge >= 0.3 is 5.97 Å². The van der Waals surface area contributed by atoms with E-state index in [0.29, 0.717) is 38.2 Å². The Kier molecular flexibility index (Phi) is 6.35. The van der Waals surface area contributed by atoms with E-state index in [1.165, 1.54) is 0 Å². The topological polar surface area (TPSA) is 81.5 Å². The van der Waals surface area contributed by atoms with E-state index in [2.05, 4.69) is 4.98 Å². The number of rotatable bonds is 5. The largest absolute Gasteiger partial charge is 0.466 e. The zero-order chi connectivity index (χ0) is 22.7. The Morgan fingerprint density at radius 1 is 1.19 bits per heavy atom. The van der Waals surface area contributed by atoms with E-state index in [9.17, 15) is 14.4 Å². The number of carbonyl (C=O) groups excluding carboxylic acids is 2. The summed E-state index contributed by atoms with van der Waals surface area (Å²) in [4.78, 5) is 45.0. The lowest BCUT2D eigenvalue weighted by atomic mass is 9.97. The number of aromatic nitrogens is 2. The standard InChI is InChI=1S/C25H27N3O4/c1-3-32-25(31)20-7-5-13-27(16-20)23(29)21-14-19-6-4-12-26-22(19)28(24(21)30)15-18-10-8-17(2)9-11-18/h4,6,8-12,14,20H,3,5,7,13,15-16H2,1-2H3. The van der Waals surface area contributed by atoms with E-state index < -0.39 is 0 Å². The maximum atomic E-state index is 13.4. The van der Waals surface area contributed by atoms with Crippen LogP contribution in [0, 0.1) is 12.8 Å². The molecule has 0 spiro atoms. The van der Waals surface area contributed by atoms with Gasteiger partial charge in [-0.1, -0.05) is 29.8 Å². The highest BCUT2D eigenvalue weighted by molar-refractivity contribution is 5.97. The number of aryl methyl sites for hydroxylation is 1. The molecule has 32 heavy (non-hydrogen) atoms. The molecule has 1 amide bonds. The van der Waals surface area contributed by atoms with Crippen LogP contribution in [0.4, 0.5) is 0 Å². The fourth-order valence-electron chi connectivity index (χ4n) is 4.17. The summed E-state index contributed by atoms with van der Waals surface area (Å²) in [6.45, 7) is 5.18. The van der Waals surface area contributed by atoms with E-state index in [-0.39, 0.29) is 35.5 Å². The predicted octanol–water partition coefficient (Wildman–Crippen LogP) is 3.17. The molecule has 1 aromatic carbocycles. The minimum atomic E-state index is -0.375. The molecule has 4 rings (SSSR count). The number of likely N-dealkylation sites (tertiary alicyclic amines) is 1. The van der Waals surface area contributed by atoms with Gasteiger partial charge in [-0.2, -0.15) is 0 Å². The fourth-order valence-corrected chi connectivity index (χ4v) is 4.17. The van der Waals surface area contributed by atoms with Gasteiger partial charge in [0.2, 0.25) is 0 Å². The minimum absolute atomic E-state index is 0.0992. The molecule has 0 aliphatic carbocycles. The van der Waals surface area contributed by atoms with E-state index >= 15 is 0 Å². The molecule has 3 aromatic rings. The van der Waals surface area contributed by atoms with E-state index in [1.54, 1.807) is 34.7 Å². The average Bonchev–Trinajstić information content (AvgIpc) is 2.82. The maximum absolute atomic E-state index is 13.4. The normalized spacial score (nSPS) is 16.2. The van der Waals surface area contributed by atoms with Crippen molar-refractivity contribution in [3.8, 4) is 0 Å². The molecule has 7 nitrogen and oxygen atoms in total. The first-order chi connectivity index (χ1) is 15.5. The lowest BCUT2D eigenvalue weighted by Gasteiger charge is -2.31. The molecule has 0 radical (unpaired) electrons. The smallest absolute Gasteiger partial charge is 0.310 e. The molecule has 1 fully saturated rings. The molecular weight excluding hydrogens is 406 g/mol. The molecular formula is C25H27N3O4. The Morgan fingerprint density at radius 3 is 2.72 bits per heavy atom. The first kappa shape index (κ1) is 21.7. The van der Waals surface area contributed by atoms with Crippen molar-refractivity contribution < 1.29 is 14.3 Å². The number of esters is 1. The molecule has 1 saturated heterocycles. The molecule has 1 unspecified atom stereocenters. The van der Waals surface area contributed by atoms with E-state index in [0.717, 1.165) is 16.5 Å². The third-order valence-corrected chi connectivity index (χ3v) is 5.87. The van der Waals surface area contributed by atoms with Crippen LogP contribution in [0.3, 0.4) is 0 Å². The highest BCUT2D eigenvalue weighted by atomic mass is 16.5. The number of benzene rings is 1. The monoisotopic (exact) mass is 433 g/mol. The van der Waals surface area contributed by atoms with E-state index in [4.69, 9.17) is 4.74 Å². The molecule has 0 bridgehead atoms. The van der Waals surface area contributed by atoms with Gasteiger partial charge in [-0.3, -0.25) is 19.0 Å². The Morgan fingerprint density at radius 2 is 1.97 bits per heavy atom. The number of fused-ring (bicyclic) bond motifs is 1. The first-order valence-corrected chi connectivity index (χ1v) is 11.0. The summed E-state index contributed by atoms with van der Waals surface area (Å²) in [5.74, 6) is -0.999. The number of hydrogen-bond acceptors (Lipinski definition) is 5. The van der Waals surface area contributed by atoms with Crippen molar-refractivity contribution in [2.45, 2.75) is 33.2 Å². The van der Waals surface area contributed by atoms with Crippen molar-refractivity contribution in [2.75, 3.05) is 19.7 Å². The molecule has 2 aromatic heterocycles. The highest BCUT2D eigenvalue weighted by Gasteiger charge is 2.31. The molecule has 0 saturated carbocycles. The number of piperidine rings is 1. The van der Waals surface area contributed by atoms with Crippen LogP contribution in [0.2, 0.25) is 0 Å². The van der Waals surface area contributed by atoms with Crippen molar-refractivity contribution in [2.24, 2.45) is 5.92 Å². The van der Waals surface area contributed by atoms with Gasteiger partial charge in [-0.05, 0) is 50.5 Å². The molecule has 166 valence electrons. The van der Waals surface area contributed by atoms with Gasteiger partial charge in [0, 0.05) is 24.7 Å². The second kappa shape index (κ2) is 9.34. The number of carbonyl (C=O) groups is 2. The summed E-state index contributed by atoms with van der Waals surface area (Å²) in [5, 5.41) is 0.724. The van der Waals surface area contributed by atoms with Crippen LogP contribution in [0.1, 0.15) is 41.3 Å². The van der Waals surface area contributed by atoms with Crippen LogP contribution in [0.25, 0.3) is 11.0 Å². The van der Waals surface area contributed by atoms with Crippen molar-refractivity contribution >= 4 is 22.9 Å². The van der Waals surface area contributed by atoms with Crippen LogP contribution >= 0.6 is 0 Å². The van der Waals surface area contributed by atoms with Gasteiger partial charge < -0.3 is 9.64 Å². The number of pyridine rings is 2. The third kappa shape index (κ3) is 4.42. The van der Waals surface area contributed by atoms with Gasteiger partial charge in [0.25, 0.3) is 11.5 Å². The summed E-state index contributed by atoms with van der Waals surface area (Å²) in [6.07, 6.45) is 3.02. The summed E-state index contributed by atoms with van der Waals surface area (Å²) < 4.78 is 6.69. The zero-order valence-electron chi connectivity index (χ0n) is 18.4. The SMILES string of the molecule is CCOC(=O)C1CCCN(C(=O)c2cc3cccnc3n(Cc3ccc(C)cc3)c2=O)C1. The Labute approximate surface area is 186 Å². The molecule has 0 N–H and O–H groups in total. The van der Waals surface area contributed by atoms with Crippen LogP contribution in [-0.2, 0) is 16.1 Å². The quantitative estimate of drug-likeness (QED) is 0.578. The third-order valence-electron chi connectivity index (χ3n) is 5.87. The lowest BCUT2D eigenvalue weighted by molar-refractivity contribution is -0.149. The molecule has 3 heterocycles. The Hall–Kier alpha value is -3.48. The molecule has 7 heteroatoms. The number of amides is 1. The predicted molar refractivity (Wildman–Crippen MR) is 122 cm³/mol. The first-order valence-electron chi connectivity index (χ1n) is 11.0. The van der Waals surface area contributed by atoms with Gasteiger partial charge in [-0.15, -0.1) is 0 Å². The van der Waals surface area contributed by atoms with Gasteiger partial charge in [0.15, 0.2) is 0 Å². The number of ether oxygens (including phenoxy) is 1. The van der Waals surface area contributed by atoms with Crippen molar-refractivity contribution in [3.63, 3.8) is 0 Å². The summed E-state index contributed by atoms with van der Waals surface area (Å²) >= 11 is 0. The maximum Gasteiger partial charge on any atom is 0.310 e. The van der Waals surface area contributed by atoms with Crippen molar-refractivity contribution in [1.82, 2.24) is 14.5 Å². The number of hydrogen-bond donors (Lipinski definition) is 0. The summed E-state index contributed by atoms with van der Waals surface area (Å²) in [7, 11) is 0. The Bertz CT molecular complexity index is 1200. The van der Waals surface area contributed by atoms with Gasteiger partial charge in [0.1, 0.15) is 11.2 Å². The van der Waals surface area contributed by atoms with Gasteiger partial charge in [0.05, 0.1) is 19.1 Å². The second-order valence-electron chi connectivity index (χ2n) is 8.19. The minimum Gasteiger partial charge on any atom is -0.466 e. The van der Waals surface area contributed by atoms with E-state index in [1.807, 2.05) is 37.3 Å². The van der Waals surface area contributed by atoms with Crippen LogP contribution in [-0.4, -0.2) is 46.0 Å². The molecule has 1 aliphatic rings. The van der Waals surface area contributed by atoms with Gasteiger partial charge in [-0.25, -0.2) is 4.98 Å². The summed E-state index contributed by atoms with van der Waals surface area (Å²) in [5.41, 5.74) is 2.35. The second-order valence-corrected chi connectivity index (χ2v) is 8.19. The lowest BCUT2D eigenvalue weighted by Crippen LogP contribution is -2.44. The van der Waals surface area contributed by atoms with Crippen molar-refractivity contribution in [3.05, 3.63) is 75.7 Å². The van der Waals surface area contributed by atoms with Crippen LogP contribution < -0.4 is 5.56 Å². The van der Waals surface area contributed by atoms with Crippen LogP contribution in [0.15, 0.2) is 53.5 Å². The molecule has 1 aliphatic heterocycles. The zero-order valence-corrected chi connectivity index (χ0v) is 18.4. The molecule has 1 atom stereocenters. The number of nitrogens with zero attached hydrogens (tertiary/aromatic N) is 3. The average molecular weight is 434 g/mol. The fraction of sp³-hybridized carbons (Fsp3) is 0.360. The van der Waals surface area contributed by atoms with Crippen LogP contribution in [0.5, 0.6) is 0 Å². The Balaban J connectivity index is 1.70. The highest BCUT2D eigenvalue weighted by Crippen LogP contribution is 2.21. The van der Waals surface area contributed by atoms with Crippen molar-refractivity contribution in [1.29, 1.82) is 0 Å². The summed E-state index contributed by atoms with van der Waals surface area (Å²) in [6, 6.07) is 13.2.